The van der Waals surface area contributed by atoms with Crippen LogP contribution in [0.4, 0.5) is 0 Å². The topological polar surface area (TPSA) is 86.2 Å². The van der Waals surface area contributed by atoms with Crippen molar-refractivity contribution in [2.45, 2.75) is 19.6 Å². The van der Waals surface area contributed by atoms with Crippen LogP contribution in [0.15, 0.2) is 48.5 Å². The van der Waals surface area contributed by atoms with Gasteiger partial charge in [-0.3, -0.25) is 0 Å². The zero-order valence-electron chi connectivity index (χ0n) is 12.5. The number of hydrogen-bond acceptors (Lipinski definition) is 4. The molecule has 0 fully saturated rings. The fourth-order valence-electron chi connectivity index (χ4n) is 2.00. The van der Waals surface area contributed by atoms with E-state index < -0.39 is 12.0 Å². The Hall–Kier alpha value is -2.53. The van der Waals surface area contributed by atoms with Crippen molar-refractivity contribution in [3.05, 3.63) is 59.7 Å². The average Bonchev–Trinajstić information content (AvgIpc) is 2.54. The summed E-state index contributed by atoms with van der Waals surface area (Å²) in [7, 11) is 0. The fourth-order valence-corrected chi connectivity index (χ4v) is 2.00. The Morgan fingerprint density at radius 1 is 1.14 bits per heavy atom. The quantitative estimate of drug-likeness (QED) is 0.815. The number of carbonyl (C=O) groups excluding carboxylic acids is 1. The van der Waals surface area contributed by atoms with Gasteiger partial charge in [0.05, 0.1) is 6.61 Å². The van der Waals surface area contributed by atoms with Gasteiger partial charge in [0.2, 0.25) is 0 Å². The van der Waals surface area contributed by atoms with Gasteiger partial charge in [-0.15, -0.1) is 0 Å². The van der Waals surface area contributed by atoms with Crippen LogP contribution in [-0.2, 0) is 11.4 Å². The second kappa shape index (κ2) is 7.47. The van der Waals surface area contributed by atoms with Crippen molar-refractivity contribution < 1.29 is 25.1 Å². The molecule has 0 saturated heterocycles. The minimum atomic E-state index is -1.22. The minimum Gasteiger partial charge on any atom is -0.544 e. The Bertz CT molecular complexity index is 628. The molecule has 2 aromatic rings. The Kier molecular flexibility index (Phi) is 5.38. The van der Waals surface area contributed by atoms with Crippen molar-refractivity contribution in [3.63, 3.8) is 0 Å². The Labute approximate surface area is 129 Å². The summed E-state index contributed by atoms with van der Waals surface area (Å²) < 4.78 is 11.3. The number of aliphatic carboxylic acids is 1. The lowest BCUT2D eigenvalue weighted by Gasteiger charge is -2.15. The molecule has 0 saturated carbocycles. The number of carboxylic acid groups (broad SMARTS) is 1. The number of quaternary nitrogens is 1. The molecule has 0 heterocycles. The third-order valence-corrected chi connectivity index (χ3v) is 3.19. The number of hydrogen-bond donors (Lipinski definition) is 1. The Morgan fingerprint density at radius 2 is 1.86 bits per heavy atom. The van der Waals surface area contributed by atoms with Crippen LogP contribution in [0.2, 0.25) is 0 Å². The molecule has 0 aliphatic heterocycles. The van der Waals surface area contributed by atoms with Gasteiger partial charge in [-0.2, -0.15) is 0 Å². The van der Waals surface area contributed by atoms with Crippen LogP contribution in [-0.4, -0.2) is 12.6 Å². The third-order valence-electron chi connectivity index (χ3n) is 3.19. The van der Waals surface area contributed by atoms with E-state index in [1.165, 1.54) is 0 Å². The summed E-state index contributed by atoms with van der Waals surface area (Å²) >= 11 is 0. The predicted octanol–water partition coefficient (Wildman–Crippen LogP) is 0.697. The van der Waals surface area contributed by atoms with E-state index in [2.05, 4.69) is 5.73 Å². The molecule has 5 nitrogen and oxygen atoms in total. The largest absolute Gasteiger partial charge is 0.544 e. The molecule has 116 valence electrons. The van der Waals surface area contributed by atoms with E-state index in [4.69, 9.17) is 9.47 Å². The molecule has 0 unspecified atom stereocenters. The number of carboxylic acids is 1. The van der Waals surface area contributed by atoms with E-state index in [9.17, 15) is 9.90 Å². The molecule has 2 aromatic carbocycles. The van der Waals surface area contributed by atoms with Crippen LogP contribution in [0.5, 0.6) is 11.5 Å². The summed E-state index contributed by atoms with van der Waals surface area (Å²) in [5.74, 6) is -0.147. The van der Waals surface area contributed by atoms with Gasteiger partial charge in [0, 0.05) is 5.56 Å². The summed E-state index contributed by atoms with van der Waals surface area (Å²) in [5.41, 5.74) is 5.14. The molecule has 0 aliphatic rings. The molecule has 0 radical (unpaired) electrons. The number of carbonyl (C=O) groups is 1. The molecule has 3 N–H and O–H groups in total. The first kappa shape index (κ1) is 15.9. The Morgan fingerprint density at radius 3 is 2.50 bits per heavy atom. The third kappa shape index (κ3) is 3.99. The van der Waals surface area contributed by atoms with Crippen LogP contribution >= 0.6 is 0 Å². The van der Waals surface area contributed by atoms with Gasteiger partial charge >= 0.3 is 0 Å². The zero-order chi connectivity index (χ0) is 15.9. The smallest absolute Gasteiger partial charge is 0.161 e. The second-order valence-electron chi connectivity index (χ2n) is 4.79. The normalized spacial score (nSPS) is 11.7. The maximum atomic E-state index is 10.9. The maximum absolute atomic E-state index is 10.9. The van der Waals surface area contributed by atoms with Gasteiger partial charge in [-0.25, -0.2) is 0 Å². The SMILES string of the molecule is CCOc1cc([C@@H]([NH3+])C(=O)[O-])ccc1OCc1ccccc1. The van der Waals surface area contributed by atoms with Crippen LogP contribution in [0.3, 0.4) is 0 Å². The van der Waals surface area contributed by atoms with Gasteiger partial charge in [-0.05, 0) is 30.7 Å². The first-order valence-electron chi connectivity index (χ1n) is 7.09. The molecule has 5 heteroatoms. The summed E-state index contributed by atoms with van der Waals surface area (Å²) in [6.45, 7) is 2.72. The molecular weight excluding hydrogens is 282 g/mol. The van der Waals surface area contributed by atoms with Crippen LogP contribution in [0, 0.1) is 0 Å². The molecule has 0 aromatic heterocycles. The molecule has 0 spiro atoms. The van der Waals surface area contributed by atoms with Crippen molar-refractivity contribution >= 4 is 5.97 Å². The van der Waals surface area contributed by atoms with E-state index in [1.54, 1.807) is 18.2 Å². The highest BCUT2D eigenvalue weighted by Crippen LogP contribution is 2.30. The number of ether oxygens (including phenoxy) is 2. The van der Waals surface area contributed by atoms with E-state index in [-0.39, 0.29) is 0 Å². The maximum Gasteiger partial charge on any atom is 0.161 e. The average molecular weight is 301 g/mol. The molecule has 0 aliphatic carbocycles. The van der Waals surface area contributed by atoms with Gasteiger partial charge in [0.1, 0.15) is 12.6 Å². The highest BCUT2D eigenvalue weighted by molar-refractivity contribution is 5.72. The van der Waals surface area contributed by atoms with Crippen molar-refractivity contribution in [1.82, 2.24) is 0 Å². The highest BCUT2D eigenvalue weighted by atomic mass is 16.5. The van der Waals surface area contributed by atoms with E-state index in [1.807, 2.05) is 37.3 Å². The van der Waals surface area contributed by atoms with E-state index >= 15 is 0 Å². The van der Waals surface area contributed by atoms with Gasteiger partial charge < -0.3 is 25.1 Å². The standard InChI is InChI=1S/C17H19NO4/c1-2-21-15-10-13(16(18)17(19)20)8-9-14(15)22-11-12-6-4-3-5-7-12/h3-10,16H,2,11,18H2,1H3,(H,19,20)/t16-/m1/s1. The highest BCUT2D eigenvalue weighted by Gasteiger charge is 2.14. The lowest BCUT2D eigenvalue weighted by atomic mass is 10.1. The first-order chi connectivity index (χ1) is 10.6. The van der Waals surface area contributed by atoms with Crippen molar-refractivity contribution in [1.29, 1.82) is 0 Å². The summed E-state index contributed by atoms with van der Waals surface area (Å²) in [6.07, 6.45) is 0. The zero-order valence-corrected chi connectivity index (χ0v) is 12.5. The van der Waals surface area contributed by atoms with Gasteiger partial charge in [0.15, 0.2) is 17.5 Å². The molecular formula is C17H19NO4. The van der Waals surface area contributed by atoms with Crippen LogP contribution in [0.25, 0.3) is 0 Å². The van der Waals surface area contributed by atoms with Gasteiger partial charge in [0.25, 0.3) is 0 Å². The van der Waals surface area contributed by atoms with E-state index in [0.717, 1.165) is 5.56 Å². The van der Waals surface area contributed by atoms with E-state index in [0.29, 0.717) is 30.3 Å². The summed E-state index contributed by atoms with van der Waals surface area (Å²) in [4.78, 5) is 10.9. The first-order valence-corrected chi connectivity index (χ1v) is 7.09. The van der Waals surface area contributed by atoms with Crippen LogP contribution < -0.4 is 20.3 Å². The molecule has 0 bridgehead atoms. The number of benzene rings is 2. The monoisotopic (exact) mass is 301 g/mol. The van der Waals surface area contributed by atoms with Crippen molar-refractivity contribution in [2.75, 3.05) is 6.61 Å². The molecule has 2 rings (SSSR count). The molecule has 22 heavy (non-hydrogen) atoms. The van der Waals surface area contributed by atoms with Gasteiger partial charge in [-0.1, -0.05) is 30.3 Å². The minimum absolute atomic E-state index is 0.411. The number of rotatable bonds is 7. The fraction of sp³-hybridized carbons (Fsp3) is 0.235. The summed E-state index contributed by atoms with van der Waals surface area (Å²) in [6, 6.07) is 13.8. The Balaban J connectivity index is 2.17. The lowest BCUT2D eigenvalue weighted by Crippen LogP contribution is -2.61. The molecule has 0 amide bonds. The predicted molar refractivity (Wildman–Crippen MR) is 79.0 cm³/mol. The summed E-state index contributed by atoms with van der Waals surface area (Å²) in [5, 5.41) is 10.9. The molecule has 1 atom stereocenters. The van der Waals surface area contributed by atoms with Crippen LogP contribution in [0.1, 0.15) is 24.1 Å². The van der Waals surface area contributed by atoms with Crippen molar-refractivity contribution in [2.24, 2.45) is 0 Å². The second-order valence-corrected chi connectivity index (χ2v) is 4.79. The lowest BCUT2D eigenvalue weighted by molar-refractivity contribution is -0.443. The van der Waals surface area contributed by atoms with Crippen molar-refractivity contribution in [3.8, 4) is 11.5 Å².